The fraction of sp³-hybridized carbons (Fsp3) is 0.208. The maximum absolute atomic E-state index is 11.0. The molecule has 1 saturated heterocycles. The van der Waals surface area contributed by atoms with E-state index in [1.807, 2.05) is 29.2 Å². The highest BCUT2D eigenvalue weighted by Gasteiger charge is 2.18. The van der Waals surface area contributed by atoms with Gasteiger partial charge >= 0.3 is 0 Å². The molecule has 5 nitrogen and oxygen atoms in total. The molecule has 1 N–H and O–H groups in total. The van der Waals surface area contributed by atoms with Crippen molar-refractivity contribution in [2.75, 3.05) is 37.0 Å². The van der Waals surface area contributed by atoms with Crippen LogP contribution in [0.3, 0.4) is 0 Å². The number of rotatable bonds is 6. The molecule has 7 heteroatoms. The molecule has 2 heterocycles. The van der Waals surface area contributed by atoms with Crippen LogP contribution in [-0.4, -0.2) is 50.7 Å². The molecule has 1 aliphatic rings. The van der Waals surface area contributed by atoms with Gasteiger partial charge in [-0.3, -0.25) is 9.88 Å². The van der Waals surface area contributed by atoms with Crippen molar-refractivity contribution in [2.45, 2.75) is 0 Å². The van der Waals surface area contributed by atoms with Crippen molar-refractivity contribution < 1.29 is 8.76 Å². The number of pyridine rings is 1. The Morgan fingerprint density at radius 1 is 0.903 bits per heavy atom. The summed E-state index contributed by atoms with van der Waals surface area (Å²) in [6.45, 7) is 3.30. The average Bonchev–Trinajstić information content (AvgIpc) is 2.78. The van der Waals surface area contributed by atoms with Crippen LogP contribution in [0, 0.1) is 0 Å². The second-order valence-electron chi connectivity index (χ2n) is 7.49. The van der Waals surface area contributed by atoms with E-state index in [2.05, 4.69) is 52.4 Å². The maximum Gasteiger partial charge on any atom is 0.167 e. The molecule has 0 radical (unpaired) electrons. The van der Waals surface area contributed by atoms with Gasteiger partial charge in [-0.15, -0.1) is 0 Å². The molecule has 1 aromatic heterocycles. The number of piperazine rings is 1. The molecule has 1 fully saturated rings. The van der Waals surface area contributed by atoms with E-state index in [0.29, 0.717) is 5.02 Å². The minimum Gasteiger partial charge on any atom is -0.369 e. The smallest absolute Gasteiger partial charge is 0.167 e. The molecule has 0 amide bonds. The Kier molecular flexibility index (Phi) is 7.14. The van der Waals surface area contributed by atoms with Crippen LogP contribution in [0.5, 0.6) is 0 Å². The van der Waals surface area contributed by atoms with Gasteiger partial charge in [0.05, 0.1) is 0 Å². The van der Waals surface area contributed by atoms with E-state index in [1.54, 1.807) is 12.4 Å². The minimum absolute atomic E-state index is 0.226. The topological polar surface area (TPSA) is 56.7 Å². The van der Waals surface area contributed by atoms with E-state index >= 15 is 0 Å². The van der Waals surface area contributed by atoms with Crippen LogP contribution in [0.15, 0.2) is 67.0 Å². The first kappa shape index (κ1) is 21.7. The van der Waals surface area contributed by atoms with E-state index in [4.69, 9.17) is 16.2 Å². The zero-order chi connectivity index (χ0) is 21.6. The second-order valence-corrected chi connectivity index (χ2v) is 8.83. The summed E-state index contributed by atoms with van der Waals surface area (Å²) < 4.78 is 20.0. The van der Waals surface area contributed by atoms with Gasteiger partial charge in [0.2, 0.25) is 0 Å². The fourth-order valence-corrected chi connectivity index (χ4v) is 4.51. The molecule has 160 valence electrons. The monoisotopic (exact) mass is 453 g/mol. The molecule has 2 aromatic carbocycles. The molecule has 0 aliphatic carbocycles. The first-order valence-corrected chi connectivity index (χ1v) is 11.8. The Hall–Kier alpha value is -2.51. The summed E-state index contributed by atoms with van der Waals surface area (Å²) in [5.74, 6) is 0.226. The normalized spacial score (nSPS) is 16.0. The van der Waals surface area contributed by atoms with Crippen molar-refractivity contribution in [3.05, 3.63) is 83.1 Å². The van der Waals surface area contributed by atoms with E-state index in [-0.39, 0.29) is 5.88 Å². The Morgan fingerprint density at radius 2 is 1.58 bits per heavy atom. The SMILES string of the molecule is O=S(O)CN1CCN(c2ccc(/C=C/c3cc(Cl)cc(-c4ccncc4)c3)cc2)CC1. The van der Waals surface area contributed by atoms with Crippen LogP contribution >= 0.6 is 11.6 Å². The van der Waals surface area contributed by atoms with Crippen molar-refractivity contribution >= 4 is 40.5 Å². The number of nitrogens with zero attached hydrogens (tertiary/aromatic N) is 3. The number of anilines is 1. The summed E-state index contributed by atoms with van der Waals surface area (Å²) in [5, 5.41) is 0.702. The molecular formula is C24H24ClN3O2S. The third-order valence-electron chi connectivity index (χ3n) is 5.33. The van der Waals surface area contributed by atoms with E-state index in [0.717, 1.165) is 48.4 Å². The van der Waals surface area contributed by atoms with Crippen molar-refractivity contribution in [2.24, 2.45) is 0 Å². The summed E-state index contributed by atoms with van der Waals surface area (Å²) >= 11 is 4.57. The molecule has 0 saturated carbocycles. The van der Waals surface area contributed by atoms with Crippen molar-refractivity contribution in [1.82, 2.24) is 9.88 Å². The van der Waals surface area contributed by atoms with Crippen molar-refractivity contribution in [3.63, 3.8) is 0 Å². The first-order chi connectivity index (χ1) is 15.1. The third kappa shape index (κ3) is 6.02. The lowest BCUT2D eigenvalue weighted by atomic mass is 10.0. The highest BCUT2D eigenvalue weighted by Crippen LogP contribution is 2.26. The zero-order valence-corrected chi connectivity index (χ0v) is 18.6. The molecule has 1 atom stereocenters. The fourth-order valence-electron chi connectivity index (χ4n) is 3.70. The summed E-state index contributed by atoms with van der Waals surface area (Å²) in [6.07, 6.45) is 7.71. The highest BCUT2D eigenvalue weighted by atomic mass is 35.5. The number of hydrogen-bond acceptors (Lipinski definition) is 4. The molecule has 1 unspecified atom stereocenters. The van der Waals surface area contributed by atoms with Gasteiger partial charge in [-0.05, 0) is 64.7 Å². The molecule has 31 heavy (non-hydrogen) atoms. The van der Waals surface area contributed by atoms with E-state index in [1.165, 1.54) is 5.69 Å². The van der Waals surface area contributed by atoms with Gasteiger partial charge in [0.1, 0.15) is 5.88 Å². The average molecular weight is 454 g/mol. The zero-order valence-electron chi connectivity index (χ0n) is 17.0. The molecule has 3 aromatic rings. The van der Waals surface area contributed by atoms with Crippen LogP contribution in [0.2, 0.25) is 5.02 Å². The third-order valence-corrected chi connectivity index (χ3v) is 6.13. The molecule has 4 rings (SSSR count). The molecule has 0 bridgehead atoms. The Morgan fingerprint density at radius 3 is 2.26 bits per heavy atom. The first-order valence-electron chi connectivity index (χ1n) is 10.1. The van der Waals surface area contributed by atoms with Gasteiger partial charge < -0.3 is 9.45 Å². The Bertz CT molecular complexity index is 1070. The second kappa shape index (κ2) is 10.2. The van der Waals surface area contributed by atoms with Gasteiger partial charge in [0.15, 0.2) is 11.1 Å². The predicted molar refractivity (Wildman–Crippen MR) is 129 cm³/mol. The highest BCUT2D eigenvalue weighted by molar-refractivity contribution is 7.79. The van der Waals surface area contributed by atoms with Gasteiger partial charge in [-0.1, -0.05) is 35.9 Å². The van der Waals surface area contributed by atoms with Crippen LogP contribution < -0.4 is 4.90 Å². The van der Waals surface area contributed by atoms with Gasteiger partial charge in [-0.25, -0.2) is 4.21 Å². The number of halogens is 1. The lowest BCUT2D eigenvalue weighted by Crippen LogP contribution is -2.47. The molecular weight excluding hydrogens is 430 g/mol. The van der Waals surface area contributed by atoms with Gasteiger partial charge in [-0.2, -0.15) is 0 Å². The summed E-state index contributed by atoms with van der Waals surface area (Å²) in [5.41, 5.74) is 5.48. The molecule has 1 aliphatic heterocycles. The van der Waals surface area contributed by atoms with Gasteiger partial charge in [0, 0.05) is 49.3 Å². The van der Waals surface area contributed by atoms with E-state index in [9.17, 15) is 4.21 Å². The number of benzene rings is 2. The lowest BCUT2D eigenvalue weighted by Gasteiger charge is -2.35. The summed E-state index contributed by atoms with van der Waals surface area (Å²) in [6, 6.07) is 18.4. The number of hydrogen-bond donors (Lipinski definition) is 1. The van der Waals surface area contributed by atoms with Gasteiger partial charge in [0.25, 0.3) is 0 Å². The molecule has 0 spiro atoms. The standard InChI is InChI=1S/C24H24ClN3O2S/c25-23-16-20(15-22(17-23)21-7-9-26-10-8-21)2-1-19-3-5-24(6-4-19)28-13-11-27(12-14-28)18-31(29)30/h1-10,15-17H,11-14,18H2,(H,29,30)/b2-1+. The minimum atomic E-state index is -1.77. The van der Waals surface area contributed by atoms with Crippen molar-refractivity contribution in [1.29, 1.82) is 0 Å². The Labute approximate surface area is 190 Å². The van der Waals surface area contributed by atoms with Crippen LogP contribution in [-0.2, 0) is 11.1 Å². The quantitative estimate of drug-likeness (QED) is 0.426. The summed E-state index contributed by atoms with van der Waals surface area (Å²) in [7, 11) is 0. The predicted octanol–water partition coefficient (Wildman–Crippen LogP) is 4.87. The summed E-state index contributed by atoms with van der Waals surface area (Å²) in [4.78, 5) is 8.40. The largest absolute Gasteiger partial charge is 0.369 e. The number of aromatic nitrogens is 1. The van der Waals surface area contributed by atoms with Crippen molar-refractivity contribution in [3.8, 4) is 11.1 Å². The van der Waals surface area contributed by atoms with E-state index < -0.39 is 11.1 Å². The Balaban J connectivity index is 1.42. The van der Waals surface area contributed by atoms with Crippen LogP contribution in [0.25, 0.3) is 23.3 Å². The van der Waals surface area contributed by atoms with Crippen LogP contribution in [0.1, 0.15) is 11.1 Å². The maximum atomic E-state index is 11.0. The van der Waals surface area contributed by atoms with Crippen LogP contribution in [0.4, 0.5) is 5.69 Å². The lowest BCUT2D eigenvalue weighted by molar-refractivity contribution is 0.292.